The first-order chi connectivity index (χ1) is 6.72. The summed E-state index contributed by atoms with van der Waals surface area (Å²) in [5.41, 5.74) is 4.09. The van der Waals surface area contributed by atoms with E-state index in [1.807, 2.05) is 13.8 Å². The lowest BCUT2D eigenvalue weighted by molar-refractivity contribution is 0.0239. The highest BCUT2D eigenvalue weighted by molar-refractivity contribution is 5.40. The summed E-state index contributed by atoms with van der Waals surface area (Å²) in [6.07, 6.45) is 1.57. The topological polar surface area (TPSA) is 84.1 Å². The average Bonchev–Trinajstić information content (AvgIpc) is 2.00. The quantitative estimate of drug-likeness (QED) is 0.693. The number of aliphatic hydroxyl groups is 1. The molecule has 0 bridgehead atoms. The van der Waals surface area contributed by atoms with E-state index in [-0.39, 0.29) is 5.95 Å². The van der Waals surface area contributed by atoms with Gasteiger partial charge in [-0.25, -0.2) is 4.98 Å². The third-order valence-corrected chi connectivity index (χ3v) is 2.64. The molecule has 0 unspecified atom stereocenters. The number of anilines is 2. The number of nitrogens with one attached hydrogen (secondary N) is 1. The molecule has 0 aromatic carbocycles. The van der Waals surface area contributed by atoms with E-state index in [2.05, 4.69) is 15.3 Å². The molecular weight excluding hydrogens is 192 g/mol. The minimum atomic E-state index is -0.868. The van der Waals surface area contributed by atoms with Gasteiger partial charge in [-0.2, -0.15) is 4.98 Å². The van der Waals surface area contributed by atoms with Crippen molar-refractivity contribution in [3.8, 4) is 0 Å². The van der Waals surface area contributed by atoms with Crippen molar-refractivity contribution in [3.63, 3.8) is 0 Å². The maximum absolute atomic E-state index is 9.94. The summed E-state index contributed by atoms with van der Waals surface area (Å²) in [7, 11) is 0. The van der Waals surface area contributed by atoms with Gasteiger partial charge < -0.3 is 16.2 Å². The maximum atomic E-state index is 9.94. The van der Waals surface area contributed by atoms with Gasteiger partial charge in [0, 0.05) is 6.20 Å². The second-order valence-electron chi connectivity index (χ2n) is 4.61. The molecule has 0 spiro atoms. The van der Waals surface area contributed by atoms with Crippen molar-refractivity contribution in [1.29, 1.82) is 0 Å². The van der Waals surface area contributed by atoms with Crippen LogP contribution in [-0.4, -0.2) is 26.2 Å². The summed E-state index contributed by atoms with van der Waals surface area (Å²) < 4.78 is 0. The first-order valence-electron chi connectivity index (χ1n) is 4.81. The Morgan fingerprint density at radius 2 is 1.93 bits per heavy atom. The van der Waals surface area contributed by atoms with Crippen molar-refractivity contribution in [2.45, 2.75) is 38.8 Å². The van der Waals surface area contributed by atoms with E-state index in [4.69, 9.17) is 5.73 Å². The molecular formula is C10H18N4O. The predicted octanol–water partition coefficient (Wildman–Crippen LogP) is 1.02. The summed E-state index contributed by atoms with van der Waals surface area (Å²) in [5.74, 6) is 0.821. The van der Waals surface area contributed by atoms with Crippen LogP contribution in [0.5, 0.6) is 0 Å². The molecule has 1 aromatic heterocycles. The van der Waals surface area contributed by atoms with Crippen LogP contribution in [0.4, 0.5) is 11.8 Å². The van der Waals surface area contributed by atoms with Gasteiger partial charge in [0.15, 0.2) is 0 Å². The molecule has 1 aromatic rings. The smallest absolute Gasteiger partial charge is 0.221 e. The zero-order valence-corrected chi connectivity index (χ0v) is 9.57. The van der Waals surface area contributed by atoms with Gasteiger partial charge in [0.2, 0.25) is 5.95 Å². The number of nitrogens with zero attached hydrogens (tertiary/aromatic N) is 2. The molecule has 1 heterocycles. The second kappa shape index (κ2) is 3.66. The third kappa shape index (κ3) is 2.79. The van der Waals surface area contributed by atoms with Crippen LogP contribution in [0, 0.1) is 0 Å². The lowest BCUT2D eigenvalue weighted by Gasteiger charge is -2.38. The average molecular weight is 210 g/mol. The Morgan fingerprint density at radius 1 is 1.33 bits per heavy atom. The van der Waals surface area contributed by atoms with E-state index in [0.29, 0.717) is 5.82 Å². The molecule has 0 aliphatic heterocycles. The lowest BCUT2D eigenvalue weighted by Crippen LogP contribution is -2.51. The molecule has 0 aliphatic carbocycles. The number of rotatable bonds is 3. The normalized spacial score (nSPS) is 12.6. The van der Waals surface area contributed by atoms with Gasteiger partial charge in [-0.1, -0.05) is 0 Å². The Balaban J connectivity index is 2.87. The van der Waals surface area contributed by atoms with E-state index >= 15 is 0 Å². The minimum Gasteiger partial charge on any atom is -0.388 e. The van der Waals surface area contributed by atoms with E-state index in [1.54, 1.807) is 26.1 Å². The second-order valence-corrected chi connectivity index (χ2v) is 4.61. The molecule has 5 heteroatoms. The first-order valence-corrected chi connectivity index (χ1v) is 4.81. The summed E-state index contributed by atoms with van der Waals surface area (Å²) in [4.78, 5) is 7.81. The maximum Gasteiger partial charge on any atom is 0.221 e. The summed E-state index contributed by atoms with van der Waals surface area (Å²) in [5, 5.41) is 13.1. The summed E-state index contributed by atoms with van der Waals surface area (Å²) in [6.45, 7) is 7.27. The summed E-state index contributed by atoms with van der Waals surface area (Å²) >= 11 is 0. The van der Waals surface area contributed by atoms with Gasteiger partial charge in [-0.3, -0.25) is 0 Å². The third-order valence-electron chi connectivity index (χ3n) is 2.64. The zero-order valence-electron chi connectivity index (χ0n) is 9.57. The molecule has 5 nitrogen and oxygen atoms in total. The van der Waals surface area contributed by atoms with Crippen molar-refractivity contribution in [1.82, 2.24) is 9.97 Å². The van der Waals surface area contributed by atoms with Crippen LogP contribution in [0.25, 0.3) is 0 Å². The molecule has 0 saturated carbocycles. The van der Waals surface area contributed by atoms with Gasteiger partial charge in [0.1, 0.15) is 5.82 Å². The molecule has 0 aliphatic rings. The van der Waals surface area contributed by atoms with Gasteiger partial charge >= 0.3 is 0 Å². The number of nitrogens with two attached hydrogens (primary N) is 1. The van der Waals surface area contributed by atoms with E-state index in [9.17, 15) is 5.11 Å². The van der Waals surface area contributed by atoms with Crippen LogP contribution in [-0.2, 0) is 0 Å². The predicted molar refractivity (Wildman–Crippen MR) is 60.4 cm³/mol. The highest BCUT2D eigenvalue weighted by atomic mass is 16.3. The number of aromatic nitrogens is 2. The van der Waals surface area contributed by atoms with Crippen LogP contribution in [0.15, 0.2) is 12.3 Å². The van der Waals surface area contributed by atoms with E-state index < -0.39 is 11.1 Å². The Bertz CT molecular complexity index is 344. The van der Waals surface area contributed by atoms with Crippen molar-refractivity contribution < 1.29 is 5.11 Å². The Labute approximate surface area is 89.7 Å². The van der Waals surface area contributed by atoms with Gasteiger partial charge in [-0.15, -0.1) is 0 Å². The number of nitrogen functional groups attached to an aromatic ring is 1. The van der Waals surface area contributed by atoms with Gasteiger partial charge in [0.05, 0.1) is 11.1 Å². The highest BCUT2D eigenvalue weighted by Crippen LogP contribution is 2.24. The lowest BCUT2D eigenvalue weighted by atomic mass is 9.86. The Morgan fingerprint density at radius 3 is 2.40 bits per heavy atom. The Kier molecular flexibility index (Phi) is 2.86. The van der Waals surface area contributed by atoms with Crippen LogP contribution in [0.2, 0.25) is 0 Å². The molecule has 0 atom stereocenters. The van der Waals surface area contributed by atoms with Crippen molar-refractivity contribution >= 4 is 11.8 Å². The molecule has 0 fully saturated rings. The molecule has 0 radical (unpaired) electrons. The first kappa shape index (κ1) is 11.7. The van der Waals surface area contributed by atoms with Crippen LogP contribution in [0.3, 0.4) is 0 Å². The molecule has 0 amide bonds. The largest absolute Gasteiger partial charge is 0.388 e. The van der Waals surface area contributed by atoms with Gasteiger partial charge in [0.25, 0.3) is 0 Å². The van der Waals surface area contributed by atoms with Crippen LogP contribution in [0.1, 0.15) is 27.7 Å². The number of hydrogen-bond acceptors (Lipinski definition) is 5. The highest BCUT2D eigenvalue weighted by Gasteiger charge is 2.35. The monoisotopic (exact) mass is 210 g/mol. The number of hydrogen-bond donors (Lipinski definition) is 3. The standard InChI is InChI=1S/C10H18N4O/c1-9(2,10(3,4)15)14-7-5-6-12-8(11)13-7/h5-6,15H,1-4H3,(H3,11,12,13,14). The van der Waals surface area contributed by atoms with Gasteiger partial charge in [-0.05, 0) is 33.8 Å². The van der Waals surface area contributed by atoms with Crippen molar-refractivity contribution in [2.24, 2.45) is 0 Å². The fourth-order valence-corrected chi connectivity index (χ4v) is 0.917. The van der Waals surface area contributed by atoms with Crippen LogP contribution >= 0.6 is 0 Å². The molecule has 15 heavy (non-hydrogen) atoms. The SMILES string of the molecule is CC(C)(O)C(C)(C)Nc1ccnc(N)n1. The van der Waals surface area contributed by atoms with E-state index in [0.717, 1.165) is 0 Å². The molecule has 84 valence electrons. The molecule has 0 saturated heterocycles. The molecule has 4 N–H and O–H groups in total. The van der Waals surface area contributed by atoms with E-state index in [1.165, 1.54) is 0 Å². The fraction of sp³-hybridized carbons (Fsp3) is 0.600. The van der Waals surface area contributed by atoms with Crippen molar-refractivity contribution in [2.75, 3.05) is 11.1 Å². The zero-order chi connectivity index (χ0) is 11.7. The van der Waals surface area contributed by atoms with Crippen molar-refractivity contribution in [3.05, 3.63) is 12.3 Å². The molecule has 1 rings (SSSR count). The fourth-order valence-electron chi connectivity index (χ4n) is 0.917. The van der Waals surface area contributed by atoms with Crippen LogP contribution < -0.4 is 11.1 Å². The Hall–Kier alpha value is -1.36. The minimum absolute atomic E-state index is 0.214. The summed E-state index contributed by atoms with van der Waals surface area (Å²) in [6, 6.07) is 1.71.